The van der Waals surface area contributed by atoms with Crippen molar-refractivity contribution in [2.75, 3.05) is 4.90 Å². The molecule has 0 spiro atoms. The number of rotatable bonds is 6. The minimum absolute atomic E-state index is 0.0289. The summed E-state index contributed by atoms with van der Waals surface area (Å²) in [6.07, 6.45) is 2.73. The molecule has 0 aliphatic carbocycles. The number of carbonyl (C=O) groups excluding carboxylic acids is 2. The normalized spacial score (nSPS) is 18.6. The van der Waals surface area contributed by atoms with Gasteiger partial charge in [0.15, 0.2) is 0 Å². The molecule has 1 N–H and O–H groups in total. The number of halogens is 5. The number of imide groups is 1. The maximum atomic E-state index is 14.8. The SMILES string of the molecule is CC(c1ccnc2c(F)cccc12)C1(C(C)c2ccnc3c(F)cccc23)NC(=O)N(c2ccc(S(=O)(=O)C(F)(F)F)cc2)C1=O. The molecule has 3 heterocycles. The molecule has 5 aromatic rings. The lowest BCUT2D eigenvalue weighted by Crippen LogP contribution is -2.55. The number of fused-ring (bicyclic) bond motifs is 2. The number of alkyl halides is 3. The molecule has 1 aliphatic heterocycles. The van der Waals surface area contributed by atoms with Crippen molar-refractivity contribution in [1.29, 1.82) is 0 Å². The predicted molar refractivity (Wildman–Crippen MR) is 159 cm³/mol. The second-order valence-electron chi connectivity index (χ2n) is 10.9. The van der Waals surface area contributed by atoms with E-state index in [0.29, 0.717) is 38.9 Å². The van der Waals surface area contributed by atoms with Gasteiger partial charge in [0.25, 0.3) is 15.7 Å². The Morgan fingerprint density at radius 3 is 1.70 bits per heavy atom. The monoisotopic (exact) mass is 654 g/mol. The molecule has 1 saturated heterocycles. The Balaban J connectivity index is 1.54. The van der Waals surface area contributed by atoms with Crippen LogP contribution in [0.3, 0.4) is 0 Å². The standard InChI is InChI=1S/C32H23F5N4O4S/c1-17(21-13-15-38-27-23(21)5-3-7-25(27)33)31(18(2)22-14-16-39-28-24(22)6-4-8-26(28)34)29(42)41(30(43)40-31)19-9-11-20(12-10-19)46(44,45)32(35,36)37/h3-18H,1-2H3,(H,40,43). The second kappa shape index (κ2) is 10.8. The van der Waals surface area contributed by atoms with Gasteiger partial charge < -0.3 is 5.32 Å². The summed E-state index contributed by atoms with van der Waals surface area (Å²) in [5.41, 5.74) is -6.64. The van der Waals surface area contributed by atoms with Crippen LogP contribution in [0.2, 0.25) is 0 Å². The number of amides is 3. The van der Waals surface area contributed by atoms with E-state index in [1.54, 1.807) is 38.1 Å². The Kier molecular flexibility index (Phi) is 7.30. The van der Waals surface area contributed by atoms with E-state index in [1.165, 1.54) is 36.7 Å². The van der Waals surface area contributed by atoms with Crippen LogP contribution in [0.5, 0.6) is 0 Å². The van der Waals surface area contributed by atoms with Crippen molar-refractivity contribution in [3.8, 4) is 0 Å². The summed E-state index contributed by atoms with van der Waals surface area (Å²) in [6, 6.07) is 14.0. The van der Waals surface area contributed by atoms with Crippen LogP contribution in [0.15, 0.2) is 90.1 Å². The lowest BCUT2D eigenvalue weighted by Gasteiger charge is -2.39. The summed E-state index contributed by atoms with van der Waals surface area (Å²) in [7, 11) is -5.69. The number of pyridine rings is 2. The zero-order valence-corrected chi connectivity index (χ0v) is 24.8. The highest BCUT2D eigenvalue weighted by Crippen LogP contribution is 2.47. The molecule has 46 heavy (non-hydrogen) atoms. The molecule has 0 saturated carbocycles. The van der Waals surface area contributed by atoms with Gasteiger partial charge in [0.2, 0.25) is 0 Å². The Morgan fingerprint density at radius 1 is 0.761 bits per heavy atom. The van der Waals surface area contributed by atoms with E-state index in [-0.39, 0.29) is 16.7 Å². The molecule has 2 atom stereocenters. The maximum absolute atomic E-state index is 14.8. The van der Waals surface area contributed by atoms with E-state index in [4.69, 9.17) is 0 Å². The summed E-state index contributed by atoms with van der Waals surface area (Å²) in [5, 5.41) is 3.54. The molecule has 0 bridgehead atoms. The number of carbonyl (C=O) groups is 2. The summed E-state index contributed by atoms with van der Waals surface area (Å²) in [5.74, 6) is -3.86. The first-order valence-corrected chi connectivity index (χ1v) is 15.3. The smallest absolute Gasteiger partial charge is 0.322 e. The average molecular weight is 655 g/mol. The van der Waals surface area contributed by atoms with Gasteiger partial charge in [0.1, 0.15) is 28.2 Å². The van der Waals surface area contributed by atoms with Crippen molar-refractivity contribution < 1.29 is 40.0 Å². The molecule has 3 amide bonds. The second-order valence-corrected chi connectivity index (χ2v) is 12.8. The Morgan fingerprint density at radius 2 is 1.24 bits per heavy atom. The molecule has 6 rings (SSSR count). The highest BCUT2D eigenvalue weighted by atomic mass is 32.2. The van der Waals surface area contributed by atoms with Gasteiger partial charge >= 0.3 is 11.5 Å². The van der Waals surface area contributed by atoms with Gasteiger partial charge in [0.05, 0.1) is 10.6 Å². The van der Waals surface area contributed by atoms with Crippen molar-refractivity contribution >= 4 is 49.3 Å². The number of urea groups is 1. The molecular formula is C32H23F5N4O4S. The Hall–Kier alpha value is -4.98. The largest absolute Gasteiger partial charge is 0.501 e. The van der Waals surface area contributed by atoms with E-state index in [9.17, 15) is 40.0 Å². The van der Waals surface area contributed by atoms with Crippen molar-refractivity contribution in [3.05, 3.63) is 108 Å². The zero-order chi connectivity index (χ0) is 33.2. The third-order valence-electron chi connectivity index (χ3n) is 8.59. The van der Waals surface area contributed by atoms with E-state index >= 15 is 0 Å². The third kappa shape index (κ3) is 4.58. The van der Waals surface area contributed by atoms with E-state index in [1.807, 2.05) is 0 Å². The third-order valence-corrected chi connectivity index (χ3v) is 10.1. The zero-order valence-electron chi connectivity index (χ0n) is 24.0. The first-order chi connectivity index (χ1) is 21.7. The molecule has 236 valence electrons. The fourth-order valence-electron chi connectivity index (χ4n) is 6.24. The van der Waals surface area contributed by atoms with Crippen LogP contribution in [0.4, 0.5) is 32.4 Å². The molecule has 14 heteroatoms. The molecule has 3 aromatic carbocycles. The number of nitrogens with zero attached hydrogens (tertiary/aromatic N) is 3. The fraction of sp³-hybridized carbons (Fsp3) is 0.188. The van der Waals surface area contributed by atoms with Crippen molar-refractivity contribution in [1.82, 2.24) is 15.3 Å². The van der Waals surface area contributed by atoms with Crippen LogP contribution in [-0.2, 0) is 14.6 Å². The highest BCUT2D eigenvalue weighted by molar-refractivity contribution is 7.92. The number of aromatic nitrogens is 2. The van der Waals surface area contributed by atoms with Crippen LogP contribution in [0.25, 0.3) is 21.8 Å². The molecular weight excluding hydrogens is 631 g/mol. The number of hydrogen-bond donors (Lipinski definition) is 1. The first kappa shape index (κ1) is 31.0. The fourth-order valence-corrected chi connectivity index (χ4v) is 7.00. The van der Waals surface area contributed by atoms with Crippen LogP contribution in [-0.4, -0.2) is 41.4 Å². The predicted octanol–water partition coefficient (Wildman–Crippen LogP) is 6.76. The molecule has 8 nitrogen and oxygen atoms in total. The van der Waals surface area contributed by atoms with Gasteiger partial charge in [-0.2, -0.15) is 13.2 Å². The van der Waals surface area contributed by atoms with Gasteiger partial charge in [-0.25, -0.2) is 26.9 Å². The van der Waals surface area contributed by atoms with Gasteiger partial charge in [0, 0.05) is 35.0 Å². The minimum Gasteiger partial charge on any atom is -0.322 e. The van der Waals surface area contributed by atoms with Gasteiger partial charge in [-0.15, -0.1) is 0 Å². The number of hydrogen-bond acceptors (Lipinski definition) is 6. The van der Waals surface area contributed by atoms with Crippen molar-refractivity contribution in [2.45, 2.75) is 41.6 Å². The summed E-state index contributed by atoms with van der Waals surface area (Å²) in [6.45, 7) is 3.31. The van der Waals surface area contributed by atoms with Crippen LogP contribution in [0, 0.1) is 11.6 Å². The molecule has 0 radical (unpaired) electrons. The van der Waals surface area contributed by atoms with Gasteiger partial charge in [-0.1, -0.05) is 38.1 Å². The van der Waals surface area contributed by atoms with Crippen molar-refractivity contribution in [3.63, 3.8) is 0 Å². The quantitative estimate of drug-likeness (QED) is 0.160. The number of para-hydroxylation sites is 2. The van der Waals surface area contributed by atoms with Crippen LogP contribution in [0.1, 0.15) is 36.8 Å². The molecule has 1 fully saturated rings. The summed E-state index contributed by atoms with van der Waals surface area (Å²) >= 11 is 0. The number of nitrogens with one attached hydrogen (secondary N) is 1. The van der Waals surface area contributed by atoms with Gasteiger partial charge in [-0.05, 0) is 59.7 Å². The Labute approximate surface area is 258 Å². The number of anilines is 1. The molecule has 1 aliphatic rings. The minimum atomic E-state index is -5.69. The topological polar surface area (TPSA) is 109 Å². The maximum Gasteiger partial charge on any atom is 0.501 e. The van der Waals surface area contributed by atoms with E-state index < -0.39 is 61.2 Å². The lowest BCUT2D eigenvalue weighted by atomic mass is 9.68. The lowest BCUT2D eigenvalue weighted by molar-refractivity contribution is -0.123. The van der Waals surface area contributed by atoms with Crippen LogP contribution >= 0.6 is 0 Å². The molecule has 2 unspecified atom stereocenters. The number of benzene rings is 3. The number of sulfone groups is 1. The van der Waals surface area contributed by atoms with E-state index in [0.717, 1.165) is 12.1 Å². The molecule has 2 aromatic heterocycles. The van der Waals surface area contributed by atoms with Gasteiger partial charge in [-0.3, -0.25) is 14.8 Å². The summed E-state index contributed by atoms with van der Waals surface area (Å²) < 4.78 is 92.9. The average Bonchev–Trinajstić information content (AvgIpc) is 3.30. The summed E-state index contributed by atoms with van der Waals surface area (Å²) in [4.78, 5) is 36.3. The van der Waals surface area contributed by atoms with Crippen LogP contribution < -0.4 is 10.2 Å². The Bertz CT molecular complexity index is 2070. The highest BCUT2D eigenvalue weighted by Gasteiger charge is 2.59. The van der Waals surface area contributed by atoms with E-state index in [2.05, 4.69) is 15.3 Å². The van der Waals surface area contributed by atoms with Crippen molar-refractivity contribution in [2.24, 2.45) is 0 Å². The first-order valence-electron chi connectivity index (χ1n) is 13.8.